The van der Waals surface area contributed by atoms with Crippen molar-refractivity contribution in [3.63, 3.8) is 0 Å². The second-order valence-electron chi connectivity index (χ2n) is 6.87. The van der Waals surface area contributed by atoms with Crippen molar-refractivity contribution in [3.05, 3.63) is 70.8 Å². The second-order valence-corrected chi connectivity index (χ2v) is 6.87. The van der Waals surface area contributed by atoms with E-state index in [9.17, 15) is 19.5 Å². The van der Waals surface area contributed by atoms with E-state index in [-0.39, 0.29) is 11.5 Å². The third kappa shape index (κ3) is 7.80. The first-order valence-electron chi connectivity index (χ1n) is 9.99. The van der Waals surface area contributed by atoms with E-state index in [0.29, 0.717) is 29.8 Å². The Labute approximate surface area is 191 Å². The van der Waals surface area contributed by atoms with E-state index in [1.807, 2.05) is 0 Å². The minimum atomic E-state index is -1.30. The number of nitrogens with one attached hydrogen (secondary N) is 3. The summed E-state index contributed by atoms with van der Waals surface area (Å²) in [4.78, 5) is 35.6. The average molecular weight is 448 g/mol. The van der Waals surface area contributed by atoms with Crippen LogP contribution in [0.25, 0.3) is 0 Å². The Morgan fingerprint density at radius 1 is 0.909 bits per heavy atom. The number of rotatable bonds is 7. The number of carbonyl (C=O) groups is 3. The van der Waals surface area contributed by atoms with Crippen LogP contribution in [0.1, 0.15) is 38.8 Å². The van der Waals surface area contributed by atoms with Gasteiger partial charge in [-0.2, -0.15) is 0 Å². The fourth-order valence-electron chi connectivity index (χ4n) is 2.60. The molecule has 0 aromatic heterocycles. The molecule has 9 heteroatoms. The molecule has 3 amide bonds. The summed E-state index contributed by atoms with van der Waals surface area (Å²) in [5.74, 6) is 9.45. The molecule has 33 heavy (non-hydrogen) atoms. The molecular weight excluding hydrogens is 424 g/mol. The van der Waals surface area contributed by atoms with Gasteiger partial charge in [0.15, 0.2) is 0 Å². The van der Waals surface area contributed by atoms with Crippen LogP contribution in [0.2, 0.25) is 0 Å². The van der Waals surface area contributed by atoms with Crippen molar-refractivity contribution in [2.75, 3.05) is 13.1 Å². The fourth-order valence-corrected chi connectivity index (χ4v) is 2.60. The Bertz CT molecular complexity index is 1100. The van der Waals surface area contributed by atoms with Crippen LogP contribution in [-0.2, 0) is 4.79 Å². The van der Waals surface area contributed by atoms with Gasteiger partial charge < -0.3 is 21.5 Å². The molecule has 0 unspecified atom stereocenters. The lowest BCUT2D eigenvalue weighted by molar-refractivity contribution is -0.133. The van der Waals surface area contributed by atoms with Crippen LogP contribution in [0.3, 0.4) is 0 Å². The van der Waals surface area contributed by atoms with Gasteiger partial charge >= 0.3 is 0 Å². The lowest BCUT2D eigenvalue weighted by Crippen LogP contribution is -2.51. The molecule has 9 nitrogen and oxygen atoms in total. The standard InChI is InChI=1S/C24H24N4O5/c1-16(29)21(24(32)28-33)27-23(31)20-12-8-18(9-13-20)5-3-2-4-17-6-10-19(11-7-17)22(30)26-15-14-25/h6-13,16,21,29,33H,14-15,25H2,1H3,(H,26,30)(H,27,31)(H,28,32)/t16-,21+/m1/s1. The largest absolute Gasteiger partial charge is 0.391 e. The second kappa shape index (κ2) is 12.6. The monoisotopic (exact) mass is 448 g/mol. The first-order valence-corrected chi connectivity index (χ1v) is 9.99. The average Bonchev–Trinajstić information content (AvgIpc) is 2.83. The highest BCUT2D eigenvalue weighted by Crippen LogP contribution is 2.05. The minimum absolute atomic E-state index is 0.199. The molecule has 2 rings (SSSR count). The van der Waals surface area contributed by atoms with Gasteiger partial charge in [0, 0.05) is 35.3 Å². The lowest BCUT2D eigenvalue weighted by atomic mass is 10.1. The van der Waals surface area contributed by atoms with Crippen molar-refractivity contribution < 1.29 is 24.7 Å². The highest BCUT2D eigenvalue weighted by molar-refractivity contribution is 5.97. The number of carbonyl (C=O) groups excluding carboxylic acids is 3. The summed E-state index contributed by atoms with van der Waals surface area (Å²) < 4.78 is 0. The Kier molecular flexibility index (Phi) is 9.62. The molecule has 0 aliphatic carbocycles. The third-order valence-corrected chi connectivity index (χ3v) is 4.36. The number of hydrogen-bond acceptors (Lipinski definition) is 6. The number of aliphatic hydroxyl groups is 1. The maximum Gasteiger partial charge on any atom is 0.268 e. The quantitative estimate of drug-likeness (QED) is 0.195. The van der Waals surface area contributed by atoms with Crippen molar-refractivity contribution in [1.29, 1.82) is 0 Å². The molecule has 7 N–H and O–H groups in total. The van der Waals surface area contributed by atoms with E-state index >= 15 is 0 Å². The van der Waals surface area contributed by atoms with Crippen molar-refractivity contribution in [3.8, 4) is 23.7 Å². The Morgan fingerprint density at radius 3 is 1.82 bits per heavy atom. The van der Waals surface area contributed by atoms with E-state index < -0.39 is 24.0 Å². The summed E-state index contributed by atoms with van der Waals surface area (Å²) in [6, 6.07) is 11.7. The maximum atomic E-state index is 12.3. The third-order valence-electron chi connectivity index (χ3n) is 4.36. The van der Waals surface area contributed by atoms with Crippen LogP contribution in [0, 0.1) is 23.7 Å². The van der Waals surface area contributed by atoms with Gasteiger partial charge in [0.1, 0.15) is 6.04 Å². The number of aliphatic hydroxyl groups excluding tert-OH is 1. The minimum Gasteiger partial charge on any atom is -0.391 e. The van der Waals surface area contributed by atoms with Crippen LogP contribution < -0.4 is 21.8 Å². The molecular formula is C24H24N4O5. The van der Waals surface area contributed by atoms with Gasteiger partial charge in [-0.05, 0) is 67.3 Å². The van der Waals surface area contributed by atoms with Gasteiger partial charge in [-0.15, -0.1) is 0 Å². The van der Waals surface area contributed by atoms with Crippen molar-refractivity contribution >= 4 is 17.7 Å². The van der Waals surface area contributed by atoms with Crippen molar-refractivity contribution in [1.82, 2.24) is 16.1 Å². The summed E-state index contributed by atoms with van der Waals surface area (Å²) in [6.07, 6.45) is -1.20. The van der Waals surface area contributed by atoms with E-state index in [2.05, 4.69) is 34.3 Å². The molecule has 0 heterocycles. The highest BCUT2D eigenvalue weighted by Gasteiger charge is 2.25. The zero-order valence-corrected chi connectivity index (χ0v) is 17.9. The molecule has 2 atom stereocenters. The Balaban J connectivity index is 1.98. The first kappa shape index (κ1) is 25.1. The zero-order chi connectivity index (χ0) is 24.2. The van der Waals surface area contributed by atoms with Crippen LogP contribution in [0.4, 0.5) is 0 Å². The van der Waals surface area contributed by atoms with Gasteiger partial charge in [0.25, 0.3) is 17.7 Å². The predicted molar refractivity (Wildman–Crippen MR) is 121 cm³/mol. The van der Waals surface area contributed by atoms with E-state index in [1.165, 1.54) is 24.5 Å². The van der Waals surface area contributed by atoms with Crippen LogP contribution >= 0.6 is 0 Å². The molecule has 0 bridgehead atoms. The SMILES string of the molecule is C[C@@H](O)[C@H](NC(=O)c1ccc(C#CC#Cc2ccc(C(=O)NCCN)cc2)cc1)C(=O)NO. The van der Waals surface area contributed by atoms with Crippen LogP contribution in [-0.4, -0.2) is 53.3 Å². The van der Waals surface area contributed by atoms with Crippen LogP contribution in [0.5, 0.6) is 0 Å². The molecule has 0 saturated carbocycles. The number of hydroxylamine groups is 1. The van der Waals surface area contributed by atoms with Crippen LogP contribution in [0.15, 0.2) is 48.5 Å². The number of nitrogens with two attached hydrogens (primary N) is 1. The maximum absolute atomic E-state index is 12.3. The topological polar surface area (TPSA) is 154 Å². The lowest BCUT2D eigenvalue weighted by Gasteiger charge is -2.19. The zero-order valence-electron chi connectivity index (χ0n) is 17.9. The van der Waals surface area contributed by atoms with Gasteiger partial charge in [0.05, 0.1) is 6.10 Å². The highest BCUT2D eigenvalue weighted by atomic mass is 16.5. The summed E-state index contributed by atoms with van der Waals surface area (Å²) in [5, 5.41) is 23.3. The molecule has 2 aromatic carbocycles. The van der Waals surface area contributed by atoms with Gasteiger partial charge in [-0.25, -0.2) is 5.48 Å². The Morgan fingerprint density at radius 2 is 1.39 bits per heavy atom. The molecule has 0 aliphatic heterocycles. The van der Waals surface area contributed by atoms with Gasteiger partial charge in [-0.3, -0.25) is 19.6 Å². The van der Waals surface area contributed by atoms with Gasteiger partial charge in [-0.1, -0.05) is 11.8 Å². The summed E-state index contributed by atoms with van der Waals surface area (Å²) in [6.45, 7) is 2.09. The molecule has 0 spiro atoms. The molecule has 0 fully saturated rings. The summed E-state index contributed by atoms with van der Waals surface area (Å²) in [7, 11) is 0. The number of hydrogen-bond donors (Lipinski definition) is 6. The number of benzene rings is 2. The number of amides is 3. The van der Waals surface area contributed by atoms with E-state index in [0.717, 1.165) is 0 Å². The van der Waals surface area contributed by atoms with Crippen molar-refractivity contribution in [2.24, 2.45) is 5.73 Å². The van der Waals surface area contributed by atoms with E-state index in [1.54, 1.807) is 36.4 Å². The molecule has 0 saturated heterocycles. The van der Waals surface area contributed by atoms with E-state index in [4.69, 9.17) is 10.9 Å². The molecule has 170 valence electrons. The van der Waals surface area contributed by atoms with Gasteiger partial charge in [0.2, 0.25) is 0 Å². The summed E-state index contributed by atoms with van der Waals surface area (Å²) in [5.41, 5.74) is 8.84. The molecule has 2 aromatic rings. The van der Waals surface area contributed by atoms with Crippen molar-refractivity contribution in [2.45, 2.75) is 19.1 Å². The predicted octanol–water partition coefficient (Wildman–Crippen LogP) is -0.237. The smallest absolute Gasteiger partial charge is 0.268 e. The fraction of sp³-hybridized carbons (Fsp3) is 0.208. The molecule has 0 radical (unpaired) electrons. The Hall–Kier alpha value is -4.15. The molecule has 0 aliphatic rings. The normalized spacial score (nSPS) is 11.5. The summed E-state index contributed by atoms with van der Waals surface area (Å²) >= 11 is 0. The first-order chi connectivity index (χ1) is 15.8.